The van der Waals surface area contributed by atoms with E-state index in [2.05, 4.69) is 17.2 Å². The minimum absolute atomic E-state index is 0.0620. The maximum Gasteiger partial charge on any atom is 0.251 e. The highest BCUT2D eigenvalue weighted by atomic mass is 32.2. The summed E-state index contributed by atoms with van der Waals surface area (Å²) in [7, 11) is -2.11. The molecule has 114 valence electrons. The summed E-state index contributed by atoms with van der Waals surface area (Å²) < 4.78 is 26.7. The van der Waals surface area contributed by atoms with Crippen molar-refractivity contribution in [2.45, 2.75) is 0 Å². The summed E-state index contributed by atoms with van der Waals surface area (Å²) in [5, 5.41) is 7.32. The lowest BCUT2D eigenvalue weighted by Crippen LogP contribution is -2.31. The third-order valence-corrected chi connectivity index (χ3v) is 3.23. The second kappa shape index (κ2) is 7.64. The van der Waals surface area contributed by atoms with Gasteiger partial charge in [0.05, 0.1) is 25.0 Å². The molecule has 7 nitrogen and oxygen atoms in total. The number of hydrogen-bond donors (Lipinski definition) is 3. The third kappa shape index (κ3) is 5.83. The van der Waals surface area contributed by atoms with E-state index in [0.29, 0.717) is 16.9 Å². The highest BCUT2D eigenvalue weighted by molar-refractivity contribution is 7.89. The molecule has 0 aliphatic heterocycles. The van der Waals surface area contributed by atoms with Gasteiger partial charge in [0.2, 0.25) is 10.0 Å². The van der Waals surface area contributed by atoms with Crippen LogP contribution in [0.3, 0.4) is 0 Å². The Hall–Kier alpha value is -2.08. The molecule has 8 heteroatoms. The smallest absolute Gasteiger partial charge is 0.251 e. The fraction of sp³-hybridized carbons (Fsp3) is 0.308. The second-order valence-electron chi connectivity index (χ2n) is 4.04. The number of primary sulfonamides is 1. The molecule has 0 unspecified atom stereocenters. The number of ether oxygens (including phenoxy) is 1. The predicted molar refractivity (Wildman–Crippen MR) is 79.2 cm³/mol. The first-order valence-electron chi connectivity index (χ1n) is 6.03. The van der Waals surface area contributed by atoms with Crippen molar-refractivity contribution in [1.29, 1.82) is 0 Å². The van der Waals surface area contributed by atoms with Crippen molar-refractivity contribution >= 4 is 15.9 Å². The Labute approximate surface area is 123 Å². The van der Waals surface area contributed by atoms with Crippen molar-refractivity contribution in [3.05, 3.63) is 29.3 Å². The average Bonchev–Trinajstić information content (AvgIpc) is 2.43. The average molecular weight is 311 g/mol. The maximum absolute atomic E-state index is 11.9. The molecule has 21 heavy (non-hydrogen) atoms. The van der Waals surface area contributed by atoms with Gasteiger partial charge in [-0.25, -0.2) is 13.6 Å². The highest BCUT2D eigenvalue weighted by Gasteiger charge is 2.10. The summed E-state index contributed by atoms with van der Waals surface area (Å²) in [6, 6.07) is 4.71. The van der Waals surface area contributed by atoms with E-state index in [0.717, 1.165) is 0 Å². The lowest BCUT2D eigenvalue weighted by atomic mass is 10.1. The Morgan fingerprint density at radius 1 is 1.43 bits per heavy atom. The van der Waals surface area contributed by atoms with Gasteiger partial charge >= 0.3 is 0 Å². The van der Waals surface area contributed by atoms with Crippen LogP contribution in [0.25, 0.3) is 0 Å². The van der Waals surface area contributed by atoms with Crippen molar-refractivity contribution in [3.63, 3.8) is 0 Å². The largest absolute Gasteiger partial charge is 0.495 e. The van der Waals surface area contributed by atoms with Gasteiger partial charge in [-0.05, 0) is 18.2 Å². The van der Waals surface area contributed by atoms with Crippen molar-refractivity contribution in [2.75, 3.05) is 26.0 Å². The summed E-state index contributed by atoms with van der Waals surface area (Å²) in [5.74, 6) is 5.26. The van der Waals surface area contributed by atoms with Crippen LogP contribution in [0, 0.1) is 11.8 Å². The molecule has 0 radical (unpaired) electrons. The molecule has 0 saturated heterocycles. The van der Waals surface area contributed by atoms with Crippen molar-refractivity contribution in [3.8, 4) is 17.6 Å². The first-order chi connectivity index (χ1) is 9.87. The van der Waals surface area contributed by atoms with E-state index in [9.17, 15) is 13.2 Å². The molecule has 0 fully saturated rings. The SMILES string of the molecule is COc1ccc(C(=O)NCCS(N)(=O)=O)cc1C#CCN. The summed E-state index contributed by atoms with van der Waals surface area (Å²) in [4.78, 5) is 11.9. The summed E-state index contributed by atoms with van der Waals surface area (Å²) >= 11 is 0. The van der Waals surface area contributed by atoms with Gasteiger partial charge in [0.1, 0.15) is 5.75 Å². The molecular formula is C13H17N3O4S. The molecule has 0 aliphatic carbocycles. The van der Waals surface area contributed by atoms with Gasteiger partial charge in [-0.15, -0.1) is 0 Å². The summed E-state index contributed by atoms with van der Waals surface area (Å²) in [5.41, 5.74) is 6.18. The van der Waals surface area contributed by atoms with E-state index in [1.54, 1.807) is 18.2 Å². The van der Waals surface area contributed by atoms with Gasteiger partial charge < -0.3 is 15.8 Å². The zero-order valence-electron chi connectivity index (χ0n) is 11.5. The number of hydrogen-bond acceptors (Lipinski definition) is 5. The van der Waals surface area contributed by atoms with Crippen LogP contribution in [0.15, 0.2) is 18.2 Å². The Kier molecular flexibility index (Phi) is 6.17. The van der Waals surface area contributed by atoms with Crippen LogP contribution in [-0.2, 0) is 10.0 Å². The lowest BCUT2D eigenvalue weighted by Gasteiger charge is -2.07. The zero-order valence-corrected chi connectivity index (χ0v) is 12.4. The molecule has 0 aliphatic rings. The van der Waals surface area contributed by atoms with E-state index in [1.165, 1.54) is 7.11 Å². The number of benzene rings is 1. The van der Waals surface area contributed by atoms with E-state index < -0.39 is 15.9 Å². The Morgan fingerprint density at radius 3 is 2.71 bits per heavy atom. The van der Waals surface area contributed by atoms with E-state index in [1.807, 2.05) is 0 Å². The van der Waals surface area contributed by atoms with Crippen LogP contribution in [-0.4, -0.2) is 40.3 Å². The molecule has 0 atom stereocenters. The third-order valence-electron chi connectivity index (χ3n) is 2.46. The van der Waals surface area contributed by atoms with Gasteiger partial charge in [-0.3, -0.25) is 4.79 Å². The van der Waals surface area contributed by atoms with Gasteiger partial charge in [0.15, 0.2) is 0 Å². The fourth-order valence-electron chi connectivity index (χ4n) is 1.50. The zero-order chi connectivity index (χ0) is 15.9. The van der Waals surface area contributed by atoms with Crippen LogP contribution in [0.1, 0.15) is 15.9 Å². The monoisotopic (exact) mass is 311 g/mol. The van der Waals surface area contributed by atoms with Gasteiger partial charge in [-0.2, -0.15) is 0 Å². The standard InChI is InChI=1S/C13H17N3O4S/c1-20-12-5-4-11(9-10(12)3-2-6-14)13(17)16-7-8-21(15,18)19/h4-5,9H,6-8,14H2,1H3,(H,16,17)(H2,15,18,19). The van der Waals surface area contributed by atoms with Crippen molar-refractivity contribution in [2.24, 2.45) is 10.9 Å². The molecule has 0 spiro atoms. The van der Waals surface area contributed by atoms with E-state index >= 15 is 0 Å². The van der Waals surface area contributed by atoms with Gasteiger partial charge in [-0.1, -0.05) is 11.8 Å². The molecule has 0 heterocycles. The van der Waals surface area contributed by atoms with Crippen LogP contribution < -0.4 is 20.9 Å². The highest BCUT2D eigenvalue weighted by Crippen LogP contribution is 2.18. The Morgan fingerprint density at radius 2 is 2.14 bits per heavy atom. The topological polar surface area (TPSA) is 125 Å². The number of rotatable bonds is 5. The first-order valence-corrected chi connectivity index (χ1v) is 7.74. The van der Waals surface area contributed by atoms with Crippen molar-refractivity contribution < 1.29 is 17.9 Å². The van der Waals surface area contributed by atoms with Crippen molar-refractivity contribution in [1.82, 2.24) is 5.32 Å². The number of amides is 1. The quantitative estimate of drug-likeness (QED) is 0.603. The minimum Gasteiger partial charge on any atom is -0.495 e. The molecule has 5 N–H and O–H groups in total. The van der Waals surface area contributed by atoms with Crippen LogP contribution >= 0.6 is 0 Å². The number of sulfonamides is 1. The minimum atomic E-state index is -3.60. The van der Waals surface area contributed by atoms with E-state index in [-0.39, 0.29) is 18.8 Å². The molecule has 0 aromatic heterocycles. The number of carbonyl (C=O) groups is 1. The predicted octanol–water partition coefficient (Wildman–Crippen LogP) is -0.976. The molecule has 1 rings (SSSR count). The molecule has 1 amide bonds. The number of methoxy groups -OCH3 is 1. The normalized spacial score (nSPS) is 10.4. The second-order valence-corrected chi connectivity index (χ2v) is 5.78. The van der Waals surface area contributed by atoms with Crippen LogP contribution in [0.5, 0.6) is 5.75 Å². The van der Waals surface area contributed by atoms with E-state index in [4.69, 9.17) is 15.6 Å². The van der Waals surface area contributed by atoms with Gasteiger partial charge in [0.25, 0.3) is 5.91 Å². The fourth-order valence-corrected chi connectivity index (χ4v) is 1.89. The maximum atomic E-state index is 11.9. The Bertz CT molecular complexity index is 674. The van der Waals surface area contributed by atoms with Crippen LogP contribution in [0.2, 0.25) is 0 Å². The number of nitrogens with one attached hydrogen (secondary N) is 1. The molecule has 1 aromatic rings. The lowest BCUT2D eigenvalue weighted by molar-refractivity contribution is 0.0956. The number of carbonyl (C=O) groups excluding carboxylic acids is 1. The molecular weight excluding hydrogens is 294 g/mol. The first kappa shape index (κ1) is 17.0. The van der Waals surface area contributed by atoms with Gasteiger partial charge in [0, 0.05) is 12.1 Å². The van der Waals surface area contributed by atoms with Crippen LogP contribution in [0.4, 0.5) is 0 Å². The molecule has 1 aromatic carbocycles. The Balaban J connectivity index is 2.85. The summed E-state index contributed by atoms with van der Waals surface area (Å²) in [6.45, 7) is 0.126. The summed E-state index contributed by atoms with van der Waals surface area (Å²) in [6.07, 6.45) is 0. The number of nitrogens with two attached hydrogens (primary N) is 2. The molecule has 0 bridgehead atoms. The molecule has 0 saturated carbocycles.